The smallest absolute Gasteiger partial charge is 0.132 e. The quantitative estimate of drug-likeness (QED) is 0.782. The Hall–Kier alpha value is -1.84. The van der Waals surface area contributed by atoms with Gasteiger partial charge in [-0.15, -0.1) is 0 Å². The molecule has 1 atom stereocenters. The molecule has 0 bridgehead atoms. The molecular weight excluding hydrogens is 335 g/mol. The summed E-state index contributed by atoms with van der Waals surface area (Å²) < 4.78 is 16.7. The van der Waals surface area contributed by atoms with Crippen molar-refractivity contribution in [2.75, 3.05) is 7.05 Å². The van der Waals surface area contributed by atoms with E-state index in [-0.39, 0.29) is 5.82 Å². The maximum absolute atomic E-state index is 14.5. The first-order valence-corrected chi connectivity index (χ1v) is 9.24. The van der Waals surface area contributed by atoms with Crippen LogP contribution >= 0.6 is 11.6 Å². The molecule has 1 heterocycles. The number of halogens is 2. The maximum atomic E-state index is 14.5. The Labute approximate surface area is 153 Å². The predicted molar refractivity (Wildman–Crippen MR) is 101 cm³/mol. The van der Waals surface area contributed by atoms with E-state index in [4.69, 9.17) is 11.6 Å². The van der Waals surface area contributed by atoms with Crippen LogP contribution in [0, 0.1) is 5.82 Å². The maximum Gasteiger partial charge on any atom is 0.132 e. The van der Waals surface area contributed by atoms with Gasteiger partial charge in [-0.1, -0.05) is 29.8 Å². The fourth-order valence-electron chi connectivity index (χ4n) is 4.06. The van der Waals surface area contributed by atoms with E-state index in [2.05, 4.69) is 28.2 Å². The van der Waals surface area contributed by atoms with E-state index in [1.807, 2.05) is 19.2 Å². The van der Waals surface area contributed by atoms with Crippen LogP contribution in [-0.2, 0) is 13.0 Å². The molecule has 0 amide bonds. The van der Waals surface area contributed by atoms with E-state index < -0.39 is 0 Å². The first kappa shape index (κ1) is 16.6. The normalized spacial score (nSPS) is 19.6. The summed E-state index contributed by atoms with van der Waals surface area (Å²) in [5.74, 6) is -0.163. The monoisotopic (exact) mass is 356 g/mol. The molecule has 2 nitrogen and oxygen atoms in total. The molecule has 4 heteroatoms. The second-order valence-corrected chi connectivity index (χ2v) is 7.29. The van der Waals surface area contributed by atoms with Crippen molar-refractivity contribution in [2.45, 2.75) is 38.3 Å². The zero-order chi connectivity index (χ0) is 17.4. The number of benzene rings is 1. The van der Waals surface area contributed by atoms with Crippen molar-refractivity contribution >= 4 is 11.6 Å². The highest BCUT2D eigenvalue weighted by Gasteiger charge is 2.29. The number of allylic oxidation sites excluding steroid dienone is 4. The Morgan fingerprint density at radius 1 is 1.28 bits per heavy atom. The first-order chi connectivity index (χ1) is 12.2. The molecule has 0 aliphatic heterocycles. The number of nitrogens with zero attached hydrogens (tertiary/aromatic N) is 1. The number of fused-ring (bicyclic) bond motifs is 1. The van der Waals surface area contributed by atoms with Gasteiger partial charge in [-0.05, 0) is 67.6 Å². The van der Waals surface area contributed by atoms with Crippen LogP contribution < -0.4 is 5.32 Å². The van der Waals surface area contributed by atoms with Gasteiger partial charge in [0.25, 0.3) is 0 Å². The molecule has 0 radical (unpaired) electrons. The molecule has 1 aromatic carbocycles. The average molecular weight is 357 g/mol. The van der Waals surface area contributed by atoms with Gasteiger partial charge in [0.2, 0.25) is 0 Å². The first-order valence-electron chi connectivity index (χ1n) is 8.86. The lowest BCUT2D eigenvalue weighted by molar-refractivity contribution is 0.583. The van der Waals surface area contributed by atoms with Gasteiger partial charge in [-0.3, -0.25) is 0 Å². The van der Waals surface area contributed by atoms with Gasteiger partial charge < -0.3 is 9.88 Å². The summed E-state index contributed by atoms with van der Waals surface area (Å²) in [5, 5.41) is 4.28. The fourth-order valence-corrected chi connectivity index (χ4v) is 4.31. The molecule has 0 spiro atoms. The Balaban J connectivity index is 1.81. The predicted octanol–water partition coefficient (Wildman–Crippen LogP) is 5.34. The molecule has 2 aliphatic rings. The van der Waals surface area contributed by atoms with Crippen molar-refractivity contribution in [2.24, 2.45) is 0 Å². The van der Waals surface area contributed by atoms with Crippen LogP contribution in [-0.4, -0.2) is 11.6 Å². The van der Waals surface area contributed by atoms with Gasteiger partial charge >= 0.3 is 0 Å². The van der Waals surface area contributed by atoms with Crippen molar-refractivity contribution in [1.29, 1.82) is 0 Å². The number of hydrogen-bond acceptors (Lipinski definition) is 1. The van der Waals surface area contributed by atoms with Crippen molar-refractivity contribution in [3.05, 3.63) is 70.2 Å². The molecule has 1 unspecified atom stereocenters. The minimum atomic E-state index is -0.163. The molecule has 2 aromatic rings. The topological polar surface area (TPSA) is 17.0 Å². The van der Waals surface area contributed by atoms with E-state index in [1.54, 1.807) is 12.1 Å². The zero-order valence-electron chi connectivity index (χ0n) is 14.4. The Morgan fingerprint density at radius 3 is 2.88 bits per heavy atom. The Morgan fingerprint density at radius 2 is 2.12 bits per heavy atom. The third-order valence-electron chi connectivity index (χ3n) is 5.24. The largest absolute Gasteiger partial charge is 0.342 e. The van der Waals surface area contributed by atoms with Gasteiger partial charge in [0.05, 0.1) is 5.69 Å². The summed E-state index contributed by atoms with van der Waals surface area (Å²) in [6.07, 6.45) is 10.4. The van der Waals surface area contributed by atoms with Crippen molar-refractivity contribution in [3.8, 4) is 11.3 Å². The van der Waals surface area contributed by atoms with Gasteiger partial charge in [-0.2, -0.15) is 0 Å². The van der Waals surface area contributed by atoms with Crippen LogP contribution in [0.1, 0.15) is 36.4 Å². The van der Waals surface area contributed by atoms with E-state index >= 15 is 0 Å². The van der Waals surface area contributed by atoms with E-state index in [0.717, 1.165) is 43.0 Å². The molecule has 1 aromatic heterocycles. The van der Waals surface area contributed by atoms with E-state index in [9.17, 15) is 4.39 Å². The van der Waals surface area contributed by atoms with Crippen LogP contribution in [0.4, 0.5) is 4.39 Å². The molecule has 0 fully saturated rings. The lowest BCUT2D eigenvalue weighted by Gasteiger charge is -2.15. The van der Waals surface area contributed by atoms with Crippen LogP contribution in [0.2, 0.25) is 0 Å². The highest BCUT2D eigenvalue weighted by Crippen LogP contribution is 2.40. The summed E-state index contributed by atoms with van der Waals surface area (Å²) in [7, 11) is 1.99. The van der Waals surface area contributed by atoms with Gasteiger partial charge in [0.15, 0.2) is 0 Å². The van der Waals surface area contributed by atoms with Gasteiger partial charge in [-0.25, -0.2) is 4.39 Å². The van der Waals surface area contributed by atoms with Gasteiger partial charge in [0.1, 0.15) is 5.82 Å². The average Bonchev–Trinajstić information content (AvgIpc) is 3.14. The van der Waals surface area contributed by atoms with Crippen LogP contribution in [0.3, 0.4) is 0 Å². The third kappa shape index (κ3) is 3.07. The number of aromatic nitrogens is 1. The lowest BCUT2D eigenvalue weighted by atomic mass is 10.0. The highest BCUT2D eigenvalue weighted by atomic mass is 35.5. The van der Waals surface area contributed by atoms with Crippen LogP contribution in [0.5, 0.6) is 0 Å². The second-order valence-electron chi connectivity index (χ2n) is 6.81. The van der Waals surface area contributed by atoms with Crippen LogP contribution in [0.25, 0.3) is 11.3 Å². The summed E-state index contributed by atoms with van der Waals surface area (Å²) in [4.78, 5) is 0. The summed E-state index contributed by atoms with van der Waals surface area (Å²) >= 11 is 6.22. The molecule has 4 rings (SSSR count). The van der Waals surface area contributed by atoms with Crippen molar-refractivity contribution < 1.29 is 4.39 Å². The molecule has 1 N–H and O–H groups in total. The SMILES string of the molecule is CNC1CCc2c1cn(CC1=CCCC(Cl)=C1)c2-c1ccccc1F. The standard InChI is InChI=1S/C21H22ClFN2/c1-24-20-10-9-16-18(20)13-25(12-14-5-4-6-15(22)11-14)21(16)17-7-2-3-8-19(17)23/h2-3,5,7-8,11,13,20,24H,4,6,9-10,12H2,1H3. The highest BCUT2D eigenvalue weighted by molar-refractivity contribution is 6.29. The lowest BCUT2D eigenvalue weighted by Crippen LogP contribution is -2.13. The fraction of sp³-hybridized carbons (Fsp3) is 0.333. The molecule has 25 heavy (non-hydrogen) atoms. The molecule has 2 aliphatic carbocycles. The van der Waals surface area contributed by atoms with E-state index in [0.29, 0.717) is 11.6 Å². The summed E-state index contributed by atoms with van der Waals surface area (Å²) in [6, 6.07) is 7.42. The molecule has 130 valence electrons. The molecular formula is C21H22ClFN2. The minimum absolute atomic E-state index is 0.163. The third-order valence-corrected chi connectivity index (χ3v) is 5.54. The molecule has 0 saturated carbocycles. The van der Waals surface area contributed by atoms with E-state index in [1.165, 1.54) is 16.7 Å². The second kappa shape index (κ2) is 6.81. The number of rotatable bonds is 4. The Bertz CT molecular complexity index is 863. The van der Waals surface area contributed by atoms with Crippen LogP contribution in [0.15, 0.2) is 53.2 Å². The number of nitrogens with one attached hydrogen (secondary N) is 1. The van der Waals surface area contributed by atoms with Gasteiger partial charge in [0, 0.05) is 29.4 Å². The summed E-state index contributed by atoms with van der Waals surface area (Å²) in [5.41, 5.74) is 5.47. The minimum Gasteiger partial charge on any atom is -0.342 e. The Kier molecular flexibility index (Phi) is 4.53. The van der Waals surface area contributed by atoms with Crippen molar-refractivity contribution in [3.63, 3.8) is 0 Å². The summed E-state index contributed by atoms with van der Waals surface area (Å²) in [6.45, 7) is 0.726. The number of hydrogen-bond donors (Lipinski definition) is 1. The molecule has 0 saturated heterocycles. The zero-order valence-corrected chi connectivity index (χ0v) is 15.1. The van der Waals surface area contributed by atoms with Crippen molar-refractivity contribution in [1.82, 2.24) is 9.88 Å².